The summed E-state index contributed by atoms with van der Waals surface area (Å²) in [4.78, 5) is 13.7. The Morgan fingerprint density at radius 3 is 2.08 bits per heavy atom. The van der Waals surface area contributed by atoms with E-state index in [-0.39, 0.29) is 5.91 Å². The molecule has 0 spiro atoms. The summed E-state index contributed by atoms with van der Waals surface area (Å²) in [6.07, 6.45) is 1.85. The number of aryl methyl sites for hydroxylation is 2. The highest BCUT2D eigenvalue weighted by atomic mass is 16.2. The van der Waals surface area contributed by atoms with Crippen LogP contribution in [0.3, 0.4) is 0 Å². The van der Waals surface area contributed by atoms with Crippen molar-refractivity contribution in [3.63, 3.8) is 0 Å². The molecule has 3 nitrogen and oxygen atoms in total. The third kappa shape index (κ3) is 5.43. The van der Waals surface area contributed by atoms with E-state index in [0.717, 1.165) is 25.1 Å². The number of amides is 1. The van der Waals surface area contributed by atoms with Gasteiger partial charge in [0.05, 0.1) is 7.05 Å². The lowest BCUT2D eigenvalue weighted by Crippen LogP contribution is -3.08. The first-order valence-corrected chi connectivity index (χ1v) is 9.75. The van der Waals surface area contributed by atoms with Gasteiger partial charge in [0.1, 0.15) is 6.54 Å². The first-order chi connectivity index (χ1) is 12.4. The largest absolute Gasteiger partial charge is 0.326 e. The summed E-state index contributed by atoms with van der Waals surface area (Å²) in [5.41, 5.74) is 6.05. The van der Waals surface area contributed by atoms with E-state index in [1.807, 2.05) is 0 Å². The van der Waals surface area contributed by atoms with Gasteiger partial charge in [-0.25, -0.2) is 0 Å². The van der Waals surface area contributed by atoms with Gasteiger partial charge in [-0.1, -0.05) is 70.2 Å². The fourth-order valence-electron chi connectivity index (χ4n) is 3.29. The predicted octanol–water partition coefficient (Wildman–Crippen LogP) is 3.59. The van der Waals surface area contributed by atoms with Gasteiger partial charge in [0.15, 0.2) is 6.54 Å². The van der Waals surface area contributed by atoms with Crippen LogP contribution in [0.25, 0.3) is 0 Å². The Morgan fingerprint density at radius 2 is 1.58 bits per heavy atom. The van der Waals surface area contributed by atoms with Crippen molar-refractivity contribution in [1.82, 2.24) is 0 Å². The van der Waals surface area contributed by atoms with Crippen LogP contribution in [0.4, 0.5) is 5.69 Å². The number of hydrogen-bond acceptors (Lipinski definition) is 1. The van der Waals surface area contributed by atoms with Gasteiger partial charge < -0.3 is 10.2 Å². The number of likely N-dealkylation sites (N-methyl/N-ethyl adjacent to an activating group) is 1. The fraction of sp³-hybridized carbons (Fsp3) is 0.435. The molecule has 0 heterocycles. The van der Waals surface area contributed by atoms with E-state index in [1.54, 1.807) is 0 Å². The highest BCUT2D eigenvalue weighted by molar-refractivity contribution is 5.93. The van der Waals surface area contributed by atoms with Gasteiger partial charge >= 0.3 is 0 Å². The quantitative estimate of drug-likeness (QED) is 0.747. The number of nitrogens with one attached hydrogen (secondary N) is 2. The van der Waals surface area contributed by atoms with Crippen molar-refractivity contribution in [2.45, 2.75) is 53.0 Å². The highest BCUT2D eigenvalue weighted by Crippen LogP contribution is 2.22. The summed E-state index contributed by atoms with van der Waals surface area (Å²) in [6, 6.07) is 15.0. The van der Waals surface area contributed by atoms with E-state index in [2.05, 4.69) is 82.5 Å². The monoisotopic (exact) mass is 353 g/mol. The molecule has 0 aliphatic carbocycles. The number of hydrogen-bond donors (Lipinski definition) is 2. The molecule has 0 aliphatic heterocycles. The van der Waals surface area contributed by atoms with Gasteiger partial charge in [0.2, 0.25) is 0 Å². The second-order valence-corrected chi connectivity index (χ2v) is 7.41. The fourth-order valence-corrected chi connectivity index (χ4v) is 3.29. The van der Waals surface area contributed by atoms with Crippen LogP contribution in [0.2, 0.25) is 0 Å². The SMILES string of the molecule is CCc1cccc(CC)c1NC(=O)C[NH+](C)Cc1ccc(C(C)C)cc1. The van der Waals surface area contributed by atoms with Crippen molar-refractivity contribution >= 4 is 11.6 Å². The summed E-state index contributed by atoms with van der Waals surface area (Å²) in [6.45, 7) is 9.98. The van der Waals surface area contributed by atoms with Crippen molar-refractivity contribution in [3.8, 4) is 0 Å². The van der Waals surface area contributed by atoms with Gasteiger partial charge in [-0.2, -0.15) is 0 Å². The molecule has 1 atom stereocenters. The Labute approximate surface area is 158 Å². The minimum atomic E-state index is 0.0805. The van der Waals surface area contributed by atoms with Crippen molar-refractivity contribution in [2.24, 2.45) is 0 Å². The Hall–Kier alpha value is -2.13. The maximum absolute atomic E-state index is 12.6. The van der Waals surface area contributed by atoms with E-state index in [0.29, 0.717) is 12.5 Å². The number of carbonyl (C=O) groups excluding carboxylic acids is 1. The second-order valence-electron chi connectivity index (χ2n) is 7.41. The standard InChI is InChI=1S/C23H32N2O/c1-6-19-9-8-10-20(7-2)23(19)24-22(26)16-25(5)15-18-11-13-21(14-12-18)17(3)4/h8-14,17H,6-7,15-16H2,1-5H3,(H,24,26)/p+1. The van der Waals surface area contributed by atoms with Crippen molar-refractivity contribution in [2.75, 3.05) is 18.9 Å². The topological polar surface area (TPSA) is 33.5 Å². The molecular formula is C23H33N2O+. The molecule has 0 saturated carbocycles. The molecule has 0 fully saturated rings. The molecule has 0 aromatic heterocycles. The van der Waals surface area contributed by atoms with Crippen LogP contribution in [0.15, 0.2) is 42.5 Å². The first kappa shape index (κ1) is 20.2. The van der Waals surface area contributed by atoms with Gasteiger partial charge in [0.25, 0.3) is 5.91 Å². The van der Waals surface area contributed by atoms with Gasteiger partial charge in [-0.15, -0.1) is 0 Å². The number of benzene rings is 2. The number of carbonyl (C=O) groups is 1. The Morgan fingerprint density at radius 1 is 1.00 bits per heavy atom. The average Bonchev–Trinajstić information content (AvgIpc) is 2.62. The zero-order valence-corrected chi connectivity index (χ0v) is 16.9. The van der Waals surface area contributed by atoms with E-state index in [9.17, 15) is 4.79 Å². The van der Waals surface area contributed by atoms with Crippen LogP contribution in [0.1, 0.15) is 55.9 Å². The minimum Gasteiger partial charge on any atom is -0.326 e. The lowest BCUT2D eigenvalue weighted by Gasteiger charge is -2.17. The van der Waals surface area contributed by atoms with Gasteiger partial charge in [-0.3, -0.25) is 4.79 Å². The molecule has 1 unspecified atom stereocenters. The molecule has 1 amide bonds. The summed E-state index contributed by atoms with van der Waals surface area (Å²) in [5.74, 6) is 0.628. The zero-order chi connectivity index (χ0) is 19.1. The number of quaternary nitrogens is 1. The van der Waals surface area contributed by atoms with E-state index in [4.69, 9.17) is 0 Å². The van der Waals surface area contributed by atoms with Crippen LogP contribution in [0.5, 0.6) is 0 Å². The van der Waals surface area contributed by atoms with E-state index < -0.39 is 0 Å². The number of rotatable bonds is 8. The summed E-state index contributed by atoms with van der Waals surface area (Å²) in [5, 5.41) is 3.16. The highest BCUT2D eigenvalue weighted by Gasteiger charge is 2.14. The third-order valence-corrected chi connectivity index (χ3v) is 4.88. The van der Waals surface area contributed by atoms with Crippen LogP contribution < -0.4 is 10.2 Å². The molecule has 2 N–H and O–H groups in total. The van der Waals surface area contributed by atoms with Gasteiger partial charge in [0, 0.05) is 11.3 Å². The molecule has 26 heavy (non-hydrogen) atoms. The van der Waals surface area contributed by atoms with Crippen LogP contribution in [0, 0.1) is 0 Å². The molecule has 3 heteroatoms. The maximum Gasteiger partial charge on any atom is 0.279 e. The molecule has 140 valence electrons. The van der Waals surface area contributed by atoms with E-state index in [1.165, 1.54) is 27.2 Å². The third-order valence-electron chi connectivity index (χ3n) is 4.88. The summed E-state index contributed by atoms with van der Waals surface area (Å²) >= 11 is 0. The van der Waals surface area contributed by atoms with Crippen molar-refractivity contribution < 1.29 is 9.69 Å². The minimum absolute atomic E-state index is 0.0805. The normalized spacial score (nSPS) is 12.2. The predicted molar refractivity (Wildman–Crippen MR) is 110 cm³/mol. The molecule has 0 saturated heterocycles. The first-order valence-electron chi connectivity index (χ1n) is 9.75. The zero-order valence-electron chi connectivity index (χ0n) is 16.9. The molecule has 0 bridgehead atoms. The van der Waals surface area contributed by atoms with Gasteiger partial charge in [-0.05, 0) is 35.4 Å². The summed E-state index contributed by atoms with van der Waals surface area (Å²) in [7, 11) is 2.07. The Balaban J connectivity index is 1.97. The molecule has 0 radical (unpaired) electrons. The van der Waals surface area contributed by atoms with Crippen LogP contribution >= 0.6 is 0 Å². The van der Waals surface area contributed by atoms with Crippen LogP contribution in [-0.4, -0.2) is 19.5 Å². The smallest absolute Gasteiger partial charge is 0.279 e. The summed E-state index contributed by atoms with van der Waals surface area (Å²) < 4.78 is 0. The van der Waals surface area contributed by atoms with E-state index >= 15 is 0 Å². The second kappa shape index (κ2) is 9.54. The van der Waals surface area contributed by atoms with Crippen molar-refractivity contribution in [1.29, 1.82) is 0 Å². The van der Waals surface area contributed by atoms with Crippen molar-refractivity contribution in [3.05, 3.63) is 64.7 Å². The molecule has 0 aliphatic rings. The number of anilines is 1. The lowest BCUT2D eigenvalue weighted by atomic mass is 10.0. The molecule has 2 rings (SSSR count). The average molecular weight is 354 g/mol. The Bertz CT molecular complexity index is 697. The lowest BCUT2D eigenvalue weighted by molar-refractivity contribution is -0.885. The Kier molecular flexibility index (Phi) is 7.40. The molecular weight excluding hydrogens is 320 g/mol. The molecule has 2 aromatic rings. The van der Waals surface area contributed by atoms with Crippen LogP contribution in [-0.2, 0) is 24.2 Å². The maximum atomic E-state index is 12.6. The number of para-hydroxylation sites is 1. The molecule has 2 aromatic carbocycles.